The number of aromatic nitrogens is 2. The largest absolute Gasteiger partial charge is 0.334 e. The average molecular weight is 312 g/mol. The number of rotatable bonds is 6. The Morgan fingerprint density at radius 2 is 1.87 bits per heavy atom. The Morgan fingerprint density at radius 3 is 2.61 bits per heavy atom. The van der Waals surface area contributed by atoms with E-state index >= 15 is 0 Å². The summed E-state index contributed by atoms with van der Waals surface area (Å²) < 4.78 is 5.39. The Balaban J connectivity index is 1.27. The number of likely N-dealkylation sites (tertiary alicyclic amines) is 1. The predicted molar refractivity (Wildman–Crippen MR) is 88.8 cm³/mol. The van der Waals surface area contributed by atoms with Crippen LogP contribution in [-0.2, 0) is 6.54 Å². The minimum absolute atomic E-state index is 0.613. The van der Waals surface area contributed by atoms with Gasteiger partial charge in [0.2, 0.25) is 0 Å². The second-order valence-corrected chi connectivity index (χ2v) is 6.78. The number of nitrogens with one attached hydrogen (secondary N) is 1. The van der Waals surface area contributed by atoms with E-state index in [1.54, 1.807) is 0 Å². The minimum Gasteiger partial charge on any atom is -0.334 e. The van der Waals surface area contributed by atoms with E-state index < -0.39 is 0 Å². The summed E-state index contributed by atoms with van der Waals surface area (Å²) in [5, 5.41) is 7.85. The number of hydrogen-bond acceptors (Lipinski definition) is 5. The molecule has 2 aromatic rings. The predicted octanol–water partition coefficient (Wildman–Crippen LogP) is 2.70. The molecule has 0 radical (unpaired) electrons. The molecule has 122 valence electrons. The van der Waals surface area contributed by atoms with Crippen LogP contribution in [0.4, 0.5) is 0 Å². The molecule has 1 aliphatic heterocycles. The molecule has 1 N–H and O–H groups in total. The van der Waals surface area contributed by atoms with Crippen molar-refractivity contribution in [3.05, 3.63) is 36.2 Å². The molecule has 5 heteroatoms. The summed E-state index contributed by atoms with van der Waals surface area (Å²) in [5.41, 5.74) is 0.981. The van der Waals surface area contributed by atoms with Crippen LogP contribution in [0.25, 0.3) is 11.5 Å². The molecular weight excluding hydrogens is 288 g/mol. The third-order valence-corrected chi connectivity index (χ3v) is 4.83. The Bertz CT molecular complexity index is 615. The van der Waals surface area contributed by atoms with Gasteiger partial charge in [-0.3, -0.25) is 4.90 Å². The summed E-state index contributed by atoms with van der Waals surface area (Å²) in [7, 11) is 0. The number of hydrogen-bond donors (Lipinski definition) is 1. The Morgan fingerprint density at radius 1 is 1.09 bits per heavy atom. The van der Waals surface area contributed by atoms with E-state index in [9.17, 15) is 0 Å². The summed E-state index contributed by atoms with van der Waals surface area (Å²) in [4.78, 5) is 6.95. The zero-order valence-electron chi connectivity index (χ0n) is 13.4. The number of piperidine rings is 1. The van der Waals surface area contributed by atoms with Crippen LogP contribution in [0.5, 0.6) is 0 Å². The SMILES string of the molecule is c1ccc(-c2nc(CN3CCC(NCC4CC4)CC3)no2)cc1. The second kappa shape index (κ2) is 6.81. The highest BCUT2D eigenvalue weighted by Gasteiger charge is 2.24. The van der Waals surface area contributed by atoms with Crippen molar-refractivity contribution in [1.29, 1.82) is 0 Å². The normalized spacial score (nSPS) is 20.0. The van der Waals surface area contributed by atoms with E-state index in [4.69, 9.17) is 4.52 Å². The van der Waals surface area contributed by atoms with Gasteiger partial charge in [-0.25, -0.2) is 0 Å². The molecule has 4 rings (SSSR count). The maximum atomic E-state index is 5.39. The molecule has 1 aromatic carbocycles. The highest BCUT2D eigenvalue weighted by Crippen LogP contribution is 2.28. The first-order chi connectivity index (χ1) is 11.4. The molecule has 1 saturated heterocycles. The molecule has 5 nitrogen and oxygen atoms in total. The molecule has 1 saturated carbocycles. The molecule has 1 aliphatic carbocycles. The van der Waals surface area contributed by atoms with Gasteiger partial charge in [0.05, 0.1) is 6.54 Å². The quantitative estimate of drug-likeness (QED) is 0.889. The molecular formula is C18H24N4O. The number of benzene rings is 1. The van der Waals surface area contributed by atoms with Gasteiger partial charge in [0, 0.05) is 24.7 Å². The third kappa shape index (κ3) is 3.98. The molecule has 0 amide bonds. The first-order valence-corrected chi connectivity index (χ1v) is 8.70. The van der Waals surface area contributed by atoms with Crippen molar-refractivity contribution in [2.75, 3.05) is 19.6 Å². The van der Waals surface area contributed by atoms with Crippen LogP contribution < -0.4 is 5.32 Å². The minimum atomic E-state index is 0.613. The van der Waals surface area contributed by atoms with Crippen molar-refractivity contribution in [2.45, 2.75) is 38.3 Å². The first-order valence-electron chi connectivity index (χ1n) is 8.70. The molecule has 0 atom stereocenters. The third-order valence-electron chi connectivity index (χ3n) is 4.83. The van der Waals surface area contributed by atoms with Crippen molar-refractivity contribution in [3.63, 3.8) is 0 Å². The maximum absolute atomic E-state index is 5.39. The lowest BCUT2D eigenvalue weighted by Crippen LogP contribution is -2.42. The van der Waals surface area contributed by atoms with Gasteiger partial charge in [0.1, 0.15) is 0 Å². The molecule has 2 heterocycles. The lowest BCUT2D eigenvalue weighted by atomic mass is 10.0. The van der Waals surface area contributed by atoms with Crippen LogP contribution in [0.3, 0.4) is 0 Å². The molecule has 2 aliphatic rings. The van der Waals surface area contributed by atoms with Crippen molar-refractivity contribution < 1.29 is 4.52 Å². The van der Waals surface area contributed by atoms with Gasteiger partial charge in [-0.15, -0.1) is 0 Å². The van der Waals surface area contributed by atoms with Gasteiger partial charge in [-0.2, -0.15) is 4.98 Å². The molecule has 23 heavy (non-hydrogen) atoms. The molecule has 0 spiro atoms. The zero-order chi connectivity index (χ0) is 15.5. The van der Waals surface area contributed by atoms with Crippen LogP contribution >= 0.6 is 0 Å². The van der Waals surface area contributed by atoms with Crippen LogP contribution in [0.15, 0.2) is 34.9 Å². The van der Waals surface area contributed by atoms with E-state index in [0.29, 0.717) is 11.9 Å². The highest BCUT2D eigenvalue weighted by molar-refractivity contribution is 5.51. The topological polar surface area (TPSA) is 54.2 Å². The molecule has 2 fully saturated rings. The highest BCUT2D eigenvalue weighted by atomic mass is 16.5. The Kier molecular flexibility index (Phi) is 4.39. The molecule has 0 bridgehead atoms. The first kappa shape index (κ1) is 14.8. The van der Waals surface area contributed by atoms with Gasteiger partial charge >= 0.3 is 0 Å². The summed E-state index contributed by atoms with van der Waals surface area (Å²) in [6, 6.07) is 10.6. The Labute approximate surface area is 137 Å². The van der Waals surface area contributed by atoms with E-state index in [1.165, 1.54) is 32.2 Å². The standard InChI is InChI=1S/C18H24N4O/c1-2-4-15(5-3-1)18-20-17(21-23-18)13-22-10-8-16(9-11-22)19-12-14-6-7-14/h1-5,14,16,19H,6-13H2. The molecule has 1 aromatic heterocycles. The zero-order valence-corrected chi connectivity index (χ0v) is 13.4. The van der Waals surface area contributed by atoms with Gasteiger partial charge in [-0.1, -0.05) is 23.4 Å². The van der Waals surface area contributed by atoms with Crippen molar-refractivity contribution in [2.24, 2.45) is 5.92 Å². The van der Waals surface area contributed by atoms with E-state index in [2.05, 4.69) is 20.4 Å². The number of nitrogens with zero attached hydrogens (tertiary/aromatic N) is 3. The van der Waals surface area contributed by atoms with Crippen molar-refractivity contribution in [3.8, 4) is 11.5 Å². The van der Waals surface area contributed by atoms with E-state index in [1.807, 2.05) is 30.3 Å². The summed E-state index contributed by atoms with van der Waals surface area (Å²) in [6.45, 7) is 4.22. The van der Waals surface area contributed by atoms with Crippen LogP contribution in [0, 0.1) is 5.92 Å². The average Bonchev–Trinajstić information content (AvgIpc) is 3.32. The second-order valence-electron chi connectivity index (χ2n) is 6.78. The fourth-order valence-corrected chi connectivity index (χ4v) is 3.17. The van der Waals surface area contributed by atoms with Gasteiger partial charge in [-0.05, 0) is 50.3 Å². The lowest BCUT2D eigenvalue weighted by molar-refractivity contribution is 0.184. The van der Waals surface area contributed by atoms with Gasteiger partial charge < -0.3 is 9.84 Å². The van der Waals surface area contributed by atoms with Crippen molar-refractivity contribution in [1.82, 2.24) is 20.4 Å². The maximum Gasteiger partial charge on any atom is 0.257 e. The van der Waals surface area contributed by atoms with Crippen molar-refractivity contribution >= 4 is 0 Å². The fraction of sp³-hybridized carbons (Fsp3) is 0.556. The monoisotopic (exact) mass is 312 g/mol. The lowest BCUT2D eigenvalue weighted by Gasteiger charge is -2.31. The van der Waals surface area contributed by atoms with Crippen LogP contribution in [0.2, 0.25) is 0 Å². The fourth-order valence-electron chi connectivity index (χ4n) is 3.17. The molecule has 0 unspecified atom stereocenters. The summed E-state index contributed by atoms with van der Waals surface area (Å²) >= 11 is 0. The van der Waals surface area contributed by atoms with Crippen LogP contribution in [-0.4, -0.2) is 40.7 Å². The van der Waals surface area contributed by atoms with Crippen LogP contribution in [0.1, 0.15) is 31.5 Å². The van der Waals surface area contributed by atoms with Gasteiger partial charge in [0.25, 0.3) is 5.89 Å². The smallest absolute Gasteiger partial charge is 0.257 e. The summed E-state index contributed by atoms with van der Waals surface area (Å²) in [5.74, 6) is 2.36. The Hall–Kier alpha value is -1.72. The summed E-state index contributed by atoms with van der Waals surface area (Å²) in [6.07, 6.45) is 5.28. The van der Waals surface area contributed by atoms with E-state index in [-0.39, 0.29) is 0 Å². The van der Waals surface area contributed by atoms with E-state index in [0.717, 1.165) is 36.9 Å². The van der Waals surface area contributed by atoms with Gasteiger partial charge in [0.15, 0.2) is 5.82 Å².